The van der Waals surface area contributed by atoms with Crippen LogP contribution in [0.15, 0.2) is 30.9 Å². The molecule has 0 fully saturated rings. The van der Waals surface area contributed by atoms with Crippen molar-refractivity contribution in [3.8, 4) is 5.75 Å². The first-order chi connectivity index (χ1) is 10.7. The van der Waals surface area contributed by atoms with Crippen LogP contribution in [0.4, 0.5) is 11.8 Å². The second-order valence-corrected chi connectivity index (χ2v) is 5.32. The average molecular weight is 300 g/mol. The van der Waals surface area contributed by atoms with Gasteiger partial charge in [-0.2, -0.15) is 4.98 Å². The van der Waals surface area contributed by atoms with Crippen molar-refractivity contribution in [1.82, 2.24) is 9.97 Å². The molecule has 0 unspecified atom stereocenters. The molecule has 1 heterocycles. The molecular weight excluding hydrogens is 276 g/mol. The van der Waals surface area contributed by atoms with Crippen LogP contribution < -0.4 is 15.8 Å². The Morgan fingerprint density at radius 1 is 1.41 bits per heavy atom. The zero-order valence-electron chi connectivity index (χ0n) is 13.3. The molecule has 0 saturated heterocycles. The molecule has 3 N–H and O–H groups in total. The van der Waals surface area contributed by atoms with Crippen molar-refractivity contribution in [3.63, 3.8) is 0 Å². The number of rotatable bonds is 8. The first-order valence-corrected chi connectivity index (χ1v) is 7.66. The topological polar surface area (TPSA) is 73.1 Å². The summed E-state index contributed by atoms with van der Waals surface area (Å²) in [4.78, 5) is 8.65. The van der Waals surface area contributed by atoms with E-state index in [9.17, 15) is 0 Å². The number of hydrogen-bond donors (Lipinski definition) is 2. The van der Waals surface area contributed by atoms with Gasteiger partial charge in [0.05, 0.1) is 12.6 Å². The molecule has 0 aliphatic rings. The highest BCUT2D eigenvalue weighted by Gasteiger charge is 2.12. The fraction of sp³-hybridized carbons (Fsp3) is 0.412. The lowest BCUT2D eigenvalue weighted by Gasteiger charge is -2.19. The van der Waals surface area contributed by atoms with Gasteiger partial charge in [-0.1, -0.05) is 25.8 Å². The molecule has 0 radical (unpaired) electrons. The van der Waals surface area contributed by atoms with E-state index in [-0.39, 0.29) is 5.95 Å². The van der Waals surface area contributed by atoms with Crippen molar-refractivity contribution < 1.29 is 4.74 Å². The van der Waals surface area contributed by atoms with Crippen LogP contribution in [0.5, 0.6) is 5.75 Å². The van der Waals surface area contributed by atoms with Gasteiger partial charge in [-0.05, 0) is 31.0 Å². The Morgan fingerprint density at radius 2 is 2.23 bits per heavy atom. The third-order valence-corrected chi connectivity index (χ3v) is 3.62. The molecule has 118 valence electrons. The number of benzene rings is 1. The van der Waals surface area contributed by atoms with Crippen LogP contribution in [0, 0.1) is 0 Å². The molecular formula is C17H24N4O. The standard InChI is InChI=1S/C17H24N4O/c1-4-6-8-12(7-5-2)19-16-14-11-13(22-3)9-10-15(14)20-17(18)21-16/h5,9-12H,2,4,6-8H2,1,3H3,(H3,18,19,20,21)/t12-/m1/s1. The third kappa shape index (κ3) is 3.87. The Bertz CT molecular complexity index is 642. The van der Waals surface area contributed by atoms with Gasteiger partial charge in [-0.25, -0.2) is 4.98 Å². The lowest BCUT2D eigenvalue weighted by atomic mass is 10.1. The number of fused-ring (bicyclic) bond motifs is 1. The van der Waals surface area contributed by atoms with Gasteiger partial charge >= 0.3 is 0 Å². The number of aromatic nitrogens is 2. The van der Waals surface area contributed by atoms with Crippen LogP contribution in [0.2, 0.25) is 0 Å². The SMILES string of the molecule is C=CC[C@H](CCCC)Nc1nc(N)nc2ccc(OC)cc12. The minimum atomic E-state index is 0.271. The predicted octanol–water partition coefficient (Wildman–Crippen LogP) is 3.77. The Kier molecular flexibility index (Phi) is 5.58. The largest absolute Gasteiger partial charge is 0.497 e. The summed E-state index contributed by atoms with van der Waals surface area (Å²) in [5.74, 6) is 1.80. The van der Waals surface area contributed by atoms with E-state index in [1.165, 1.54) is 0 Å². The van der Waals surface area contributed by atoms with Gasteiger partial charge in [-0.3, -0.25) is 0 Å². The second-order valence-electron chi connectivity index (χ2n) is 5.32. The molecule has 0 aliphatic heterocycles. The number of methoxy groups -OCH3 is 1. The zero-order chi connectivity index (χ0) is 15.9. The number of hydrogen-bond acceptors (Lipinski definition) is 5. The fourth-order valence-electron chi connectivity index (χ4n) is 2.46. The van der Waals surface area contributed by atoms with Crippen LogP contribution in [0.1, 0.15) is 32.6 Å². The monoisotopic (exact) mass is 300 g/mol. The summed E-state index contributed by atoms with van der Waals surface area (Å²) in [7, 11) is 1.65. The van der Waals surface area contributed by atoms with E-state index in [1.54, 1.807) is 7.11 Å². The predicted molar refractivity (Wildman–Crippen MR) is 92.3 cm³/mol. The van der Waals surface area contributed by atoms with E-state index in [1.807, 2.05) is 24.3 Å². The maximum absolute atomic E-state index is 5.83. The summed E-state index contributed by atoms with van der Waals surface area (Å²) in [5.41, 5.74) is 6.64. The maximum atomic E-state index is 5.83. The molecule has 22 heavy (non-hydrogen) atoms. The Hall–Kier alpha value is -2.30. The number of unbranched alkanes of at least 4 members (excludes halogenated alkanes) is 1. The maximum Gasteiger partial charge on any atom is 0.222 e. The van der Waals surface area contributed by atoms with Crippen molar-refractivity contribution >= 4 is 22.7 Å². The molecule has 0 amide bonds. The van der Waals surface area contributed by atoms with Gasteiger partial charge in [0, 0.05) is 11.4 Å². The lowest BCUT2D eigenvalue weighted by Crippen LogP contribution is -2.20. The van der Waals surface area contributed by atoms with Gasteiger partial charge < -0.3 is 15.8 Å². The second kappa shape index (κ2) is 7.64. The first-order valence-electron chi connectivity index (χ1n) is 7.66. The number of nitrogens with two attached hydrogens (primary N) is 1. The summed E-state index contributed by atoms with van der Waals surface area (Å²) in [5, 5.41) is 4.41. The van der Waals surface area contributed by atoms with Gasteiger partial charge in [0.1, 0.15) is 11.6 Å². The van der Waals surface area contributed by atoms with Crippen molar-refractivity contribution in [2.24, 2.45) is 0 Å². The summed E-state index contributed by atoms with van der Waals surface area (Å²) in [6, 6.07) is 5.99. The molecule has 5 nitrogen and oxygen atoms in total. The summed E-state index contributed by atoms with van der Waals surface area (Å²) < 4.78 is 5.29. The van der Waals surface area contributed by atoms with Gasteiger partial charge in [-0.15, -0.1) is 6.58 Å². The first kappa shape index (κ1) is 16.1. The quantitative estimate of drug-likeness (QED) is 0.726. The molecule has 0 bridgehead atoms. The summed E-state index contributed by atoms with van der Waals surface area (Å²) in [6.45, 7) is 6.03. The molecule has 0 saturated carbocycles. The third-order valence-electron chi connectivity index (χ3n) is 3.62. The van der Waals surface area contributed by atoms with Crippen molar-refractivity contribution in [1.29, 1.82) is 0 Å². The van der Waals surface area contributed by atoms with Crippen LogP contribution in [-0.4, -0.2) is 23.1 Å². The van der Waals surface area contributed by atoms with E-state index in [0.29, 0.717) is 6.04 Å². The Morgan fingerprint density at radius 3 is 2.91 bits per heavy atom. The van der Waals surface area contributed by atoms with E-state index in [2.05, 4.69) is 28.8 Å². The van der Waals surface area contributed by atoms with Crippen LogP contribution in [0.3, 0.4) is 0 Å². The van der Waals surface area contributed by atoms with Crippen molar-refractivity contribution in [2.45, 2.75) is 38.6 Å². The van der Waals surface area contributed by atoms with Gasteiger partial charge in [0.15, 0.2) is 0 Å². The molecule has 1 aromatic carbocycles. The smallest absolute Gasteiger partial charge is 0.222 e. The summed E-state index contributed by atoms with van der Waals surface area (Å²) in [6.07, 6.45) is 6.21. The number of nitrogens with zero attached hydrogens (tertiary/aromatic N) is 2. The molecule has 1 atom stereocenters. The van der Waals surface area contributed by atoms with Gasteiger partial charge in [0.25, 0.3) is 0 Å². The van der Waals surface area contributed by atoms with Crippen molar-refractivity contribution in [2.75, 3.05) is 18.2 Å². The van der Waals surface area contributed by atoms with E-state index in [0.717, 1.165) is 48.2 Å². The molecule has 2 aromatic rings. The molecule has 2 rings (SSSR count). The normalized spacial score (nSPS) is 12.1. The van der Waals surface area contributed by atoms with Crippen LogP contribution in [-0.2, 0) is 0 Å². The van der Waals surface area contributed by atoms with E-state index < -0.39 is 0 Å². The highest BCUT2D eigenvalue weighted by molar-refractivity contribution is 5.91. The lowest BCUT2D eigenvalue weighted by molar-refractivity contribution is 0.415. The van der Waals surface area contributed by atoms with E-state index in [4.69, 9.17) is 10.5 Å². The zero-order valence-corrected chi connectivity index (χ0v) is 13.3. The minimum absolute atomic E-state index is 0.271. The number of anilines is 2. The number of nitrogen functional groups attached to an aromatic ring is 1. The van der Waals surface area contributed by atoms with Crippen LogP contribution >= 0.6 is 0 Å². The number of nitrogens with one attached hydrogen (secondary N) is 1. The van der Waals surface area contributed by atoms with Gasteiger partial charge in [0.2, 0.25) is 5.95 Å². The van der Waals surface area contributed by atoms with Crippen molar-refractivity contribution in [3.05, 3.63) is 30.9 Å². The Labute approximate surface area is 131 Å². The average Bonchev–Trinajstić information content (AvgIpc) is 2.52. The molecule has 1 aromatic heterocycles. The highest BCUT2D eigenvalue weighted by Crippen LogP contribution is 2.27. The molecule has 0 spiro atoms. The fourth-order valence-corrected chi connectivity index (χ4v) is 2.46. The minimum Gasteiger partial charge on any atom is -0.497 e. The van der Waals surface area contributed by atoms with Crippen LogP contribution in [0.25, 0.3) is 10.9 Å². The molecule has 0 aliphatic carbocycles. The Balaban J connectivity index is 2.36. The van der Waals surface area contributed by atoms with E-state index >= 15 is 0 Å². The summed E-state index contributed by atoms with van der Waals surface area (Å²) >= 11 is 0. The number of ether oxygens (including phenoxy) is 1. The highest BCUT2D eigenvalue weighted by atomic mass is 16.5. The molecule has 5 heteroatoms.